The summed E-state index contributed by atoms with van der Waals surface area (Å²) in [6.07, 6.45) is 5.54. The zero-order valence-electron chi connectivity index (χ0n) is 9.17. The summed E-state index contributed by atoms with van der Waals surface area (Å²) in [5.74, 6) is 0. The lowest BCUT2D eigenvalue weighted by molar-refractivity contribution is -0.0688. The second-order valence-electron chi connectivity index (χ2n) is 2.79. The van der Waals surface area contributed by atoms with Crippen LogP contribution in [0.15, 0.2) is 29.5 Å². The molecule has 0 atom stereocenters. The normalized spacial score (nSPS) is 11.5. The molecule has 1 heterocycles. The first kappa shape index (κ1) is 12.0. The molecule has 82 valence electrons. The third-order valence-electron chi connectivity index (χ3n) is 1.86. The molecule has 4 nitrogen and oxygen atoms in total. The van der Waals surface area contributed by atoms with Gasteiger partial charge in [-0.25, -0.2) is 5.06 Å². The predicted octanol–water partition coefficient (Wildman–Crippen LogP) is 1.79. The van der Waals surface area contributed by atoms with Crippen LogP contribution in [0.2, 0.25) is 0 Å². The average Bonchev–Trinajstić information content (AvgIpc) is 2.30. The van der Waals surface area contributed by atoms with Crippen LogP contribution in [0, 0.1) is 0 Å². The molecule has 0 spiro atoms. The van der Waals surface area contributed by atoms with Crippen LogP contribution in [-0.4, -0.2) is 35.6 Å². The number of hydrogen-bond acceptors (Lipinski definition) is 4. The summed E-state index contributed by atoms with van der Waals surface area (Å²) in [5.41, 5.74) is 1.09. The van der Waals surface area contributed by atoms with E-state index in [2.05, 4.69) is 9.98 Å². The standard InChI is InChI=1S/C10H15N3OS/c1-11-10(15-3)13(14-2)8-9-5-4-6-12-7-9/h4-7H,8H2,1-3H3/b11-10+. The van der Waals surface area contributed by atoms with Gasteiger partial charge in [0.1, 0.15) is 0 Å². The minimum Gasteiger partial charge on any atom is -0.275 e. The molecule has 15 heavy (non-hydrogen) atoms. The van der Waals surface area contributed by atoms with Crippen molar-refractivity contribution in [2.24, 2.45) is 4.99 Å². The fourth-order valence-electron chi connectivity index (χ4n) is 1.17. The van der Waals surface area contributed by atoms with Crippen LogP contribution >= 0.6 is 11.8 Å². The first-order valence-corrected chi connectivity index (χ1v) is 5.75. The van der Waals surface area contributed by atoms with Crippen LogP contribution in [-0.2, 0) is 11.4 Å². The molecule has 0 N–H and O–H groups in total. The van der Waals surface area contributed by atoms with Crippen LogP contribution in [0.5, 0.6) is 0 Å². The highest BCUT2D eigenvalue weighted by atomic mass is 32.2. The maximum atomic E-state index is 5.25. The molecular formula is C10H15N3OS. The van der Waals surface area contributed by atoms with Crippen molar-refractivity contribution in [1.29, 1.82) is 0 Å². The Bertz CT molecular complexity index is 316. The van der Waals surface area contributed by atoms with Crippen molar-refractivity contribution < 1.29 is 4.84 Å². The maximum Gasteiger partial charge on any atom is 0.183 e. The molecule has 0 aliphatic rings. The van der Waals surface area contributed by atoms with E-state index >= 15 is 0 Å². The Morgan fingerprint density at radius 3 is 2.93 bits per heavy atom. The number of pyridine rings is 1. The third-order valence-corrected chi connectivity index (χ3v) is 2.61. The van der Waals surface area contributed by atoms with Crippen molar-refractivity contribution in [2.75, 3.05) is 20.4 Å². The number of thioether (sulfide) groups is 1. The van der Waals surface area contributed by atoms with Crippen LogP contribution in [0.25, 0.3) is 0 Å². The van der Waals surface area contributed by atoms with Crippen molar-refractivity contribution in [3.63, 3.8) is 0 Å². The molecule has 0 saturated carbocycles. The Hall–Kier alpha value is -1.07. The van der Waals surface area contributed by atoms with Crippen molar-refractivity contribution in [3.8, 4) is 0 Å². The van der Waals surface area contributed by atoms with Gasteiger partial charge >= 0.3 is 0 Å². The second kappa shape index (κ2) is 6.42. The number of nitrogens with zero attached hydrogens (tertiary/aromatic N) is 3. The maximum absolute atomic E-state index is 5.25. The molecule has 0 radical (unpaired) electrons. The fourth-order valence-corrected chi connectivity index (χ4v) is 1.70. The summed E-state index contributed by atoms with van der Waals surface area (Å²) in [5, 5.41) is 2.59. The Labute approximate surface area is 94.3 Å². The summed E-state index contributed by atoms with van der Waals surface area (Å²) < 4.78 is 0. The summed E-state index contributed by atoms with van der Waals surface area (Å²) >= 11 is 1.55. The second-order valence-corrected chi connectivity index (χ2v) is 3.56. The number of hydrogen-bond donors (Lipinski definition) is 0. The summed E-state index contributed by atoms with van der Waals surface area (Å²) in [7, 11) is 3.39. The molecular weight excluding hydrogens is 210 g/mol. The quantitative estimate of drug-likeness (QED) is 0.446. The molecule has 0 saturated heterocycles. The molecule has 0 unspecified atom stereocenters. The van der Waals surface area contributed by atoms with Gasteiger partial charge in [0, 0.05) is 19.4 Å². The van der Waals surface area contributed by atoms with E-state index in [1.54, 1.807) is 37.2 Å². The number of rotatable bonds is 3. The highest BCUT2D eigenvalue weighted by Gasteiger charge is 2.09. The van der Waals surface area contributed by atoms with Crippen LogP contribution < -0.4 is 0 Å². The number of aliphatic imine (C=N–C) groups is 1. The van der Waals surface area contributed by atoms with Gasteiger partial charge in [0.2, 0.25) is 0 Å². The Morgan fingerprint density at radius 1 is 1.67 bits per heavy atom. The minimum atomic E-state index is 0.651. The molecule has 1 aromatic heterocycles. The predicted molar refractivity (Wildman–Crippen MR) is 63.7 cm³/mol. The molecule has 0 aromatic carbocycles. The number of hydroxylamine groups is 2. The van der Waals surface area contributed by atoms with Crippen LogP contribution in [0.3, 0.4) is 0 Å². The van der Waals surface area contributed by atoms with Gasteiger partial charge in [-0.2, -0.15) is 0 Å². The van der Waals surface area contributed by atoms with E-state index in [1.165, 1.54) is 0 Å². The van der Waals surface area contributed by atoms with Crippen LogP contribution in [0.1, 0.15) is 5.56 Å². The molecule has 0 aliphatic heterocycles. The van der Waals surface area contributed by atoms with Gasteiger partial charge in [-0.1, -0.05) is 17.8 Å². The van der Waals surface area contributed by atoms with Gasteiger partial charge in [0.25, 0.3) is 0 Å². The number of aromatic nitrogens is 1. The molecule has 0 aliphatic carbocycles. The lowest BCUT2D eigenvalue weighted by Gasteiger charge is -2.21. The first-order valence-electron chi connectivity index (χ1n) is 4.53. The lowest BCUT2D eigenvalue weighted by atomic mass is 10.3. The topological polar surface area (TPSA) is 37.7 Å². The van der Waals surface area contributed by atoms with E-state index in [-0.39, 0.29) is 0 Å². The van der Waals surface area contributed by atoms with E-state index in [4.69, 9.17) is 4.84 Å². The molecule has 1 aromatic rings. The van der Waals surface area contributed by atoms with Crippen molar-refractivity contribution in [3.05, 3.63) is 30.1 Å². The van der Waals surface area contributed by atoms with E-state index in [1.807, 2.05) is 24.6 Å². The van der Waals surface area contributed by atoms with Crippen molar-refractivity contribution in [2.45, 2.75) is 6.54 Å². The lowest BCUT2D eigenvalue weighted by Crippen LogP contribution is -2.27. The van der Waals surface area contributed by atoms with Crippen LogP contribution in [0.4, 0.5) is 0 Å². The molecule has 5 heteroatoms. The van der Waals surface area contributed by atoms with Gasteiger partial charge in [-0.05, 0) is 17.9 Å². The third kappa shape index (κ3) is 3.53. The molecule has 0 fully saturated rings. The highest BCUT2D eigenvalue weighted by molar-refractivity contribution is 8.13. The molecule has 1 rings (SSSR count). The summed E-state index contributed by atoms with van der Waals surface area (Å²) in [4.78, 5) is 13.4. The Morgan fingerprint density at radius 2 is 2.47 bits per heavy atom. The minimum absolute atomic E-state index is 0.651. The summed E-state index contributed by atoms with van der Waals surface area (Å²) in [6.45, 7) is 0.651. The van der Waals surface area contributed by atoms with Crippen molar-refractivity contribution >= 4 is 16.9 Å². The van der Waals surface area contributed by atoms with Crippen molar-refractivity contribution in [1.82, 2.24) is 10.0 Å². The number of amidine groups is 1. The van der Waals surface area contributed by atoms with Gasteiger partial charge in [-0.15, -0.1) is 0 Å². The smallest absolute Gasteiger partial charge is 0.183 e. The Kier molecular flexibility index (Phi) is 5.14. The Balaban J connectivity index is 2.70. The summed E-state index contributed by atoms with van der Waals surface area (Å²) in [6, 6.07) is 3.91. The van der Waals surface area contributed by atoms with Gasteiger partial charge in [-0.3, -0.25) is 14.8 Å². The van der Waals surface area contributed by atoms with E-state index < -0.39 is 0 Å². The zero-order chi connectivity index (χ0) is 11.1. The molecule has 0 bridgehead atoms. The largest absolute Gasteiger partial charge is 0.275 e. The van der Waals surface area contributed by atoms with E-state index in [9.17, 15) is 0 Å². The van der Waals surface area contributed by atoms with Gasteiger partial charge < -0.3 is 0 Å². The fraction of sp³-hybridized carbons (Fsp3) is 0.400. The van der Waals surface area contributed by atoms with Gasteiger partial charge in [0.05, 0.1) is 13.7 Å². The first-order chi connectivity index (χ1) is 7.31. The van der Waals surface area contributed by atoms with E-state index in [0.29, 0.717) is 6.54 Å². The highest BCUT2D eigenvalue weighted by Crippen LogP contribution is 2.10. The monoisotopic (exact) mass is 225 g/mol. The van der Waals surface area contributed by atoms with E-state index in [0.717, 1.165) is 10.7 Å². The molecule has 0 amide bonds. The average molecular weight is 225 g/mol. The van der Waals surface area contributed by atoms with Gasteiger partial charge in [0.15, 0.2) is 5.17 Å². The SMILES string of the molecule is C/N=C(/SC)N(Cc1cccnc1)OC. The zero-order valence-corrected chi connectivity index (χ0v) is 9.99.